The van der Waals surface area contributed by atoms with Crippen LogP contribution in [0, 0.1) is 0 Å². The van der Waals surface area contributed by atoms with Crippen LogP contribution < -0.4 is 16.2 Å². The van der Waals surface area contributed by atoms with Crippen LogP contribution in [-0.2, 0) is 4.74 Å². The van der Waals surface area contributed by atoms with E-state index in [0.29, 0.717) is 30.2 Å². The van der Waals surface area contributed by atoms with Crippen molar-refractivity contribution in [2.75, 3.05) is 26.1 Å². The van der Waals surface area contributed by atoms with Crippen molar-refractivity contribution >= 4 is 11.6 Å². The maximum Gasteiger partial charge on any atom is 0.252 e. The number of hydrogen-bond donors (Lipinski definition) is 2. The average Bonchev–Trinajstić information content (AvgIpc) is 2.30. The van der Waals surface area contributed by atoms with Crippen LogP contribution in [0.1, 0.15) is 23.2 Å². The highest BCUT2D eigenvalue weighted by atomic mass is 16.5. The molecule has 4 N–H and O–H groups in total. The Labute approximate surface area is 101 Å². The van der Waals surface area contributed by atoms with E-state index >= 15 is 0 Å². The Morgan fingerprint density at radius 3 is 2.65 bits per heavy atom. The fraction of sp³-hybridized carbons (Fsp3) is 0.417. The fourth-order valence-electron chi connectivity index (χ4n) is 1.43. The zero-order valence-electron chi connectivity index (χ0n) is 9.94. The fourth-order valence-corrected chi connectivity index (χ4v) is 1.43. The number of hydrogen-bond acceptors (Lipinski definition) is 4. The first-order valence-electron chi connectivity index (χ1n) is 5.47. The number of benzene rings is 1. The van der Waals surface area contributed by atoms with Crippen molar-refractivity contribution in [2.45, 2.75) is 12.8 Å². The van der Waals surface area contributed by atoms with Gasteiger partial charge in [0.05, 0.1) is 17.9 Å². The first kappa shape index (κ1) is 13.3. The van der Waals surface area contributed by atoms with Crippen molar-refractivity contribution in [2.24, 2.45) is 5.73 Å². The predicted molar refractivity (Wildman–Crippen MR) is 66.0 cm³/mol. The Morgan fingerprint density at radius 2 is 2.00 bits per heavy atom. The molecule has 1 rings (SSSR count). The van der Waals surface area contributed by atoms with Gasteiger partial charge in [-0.25, -0.2) is 0 Å². The molecular weight excluding hydrogens is 220 g/mol. The molecule has 0 aliphatic carbocycles. The second-order valence-corrected chi connectivity index (χ2v) is 3.64. The van der Waals surface area contributed by atoms with Gasteiger partial charge in [-0.05, 0) is 25.0 Å². The number of carbonyl (C=O) groups excluding carboxylic acids is 1. The Hall–Kier alpha value is -1.75. The molecule has 0 atom stereocenters. The minimum Gasteiger partial charge on any atom is -0.491 e. The standard InChI is InChI=1S/C12H18N2O3/c1-16-7-2-3-8-17-11-9(12(14)15)5-4-6-10(11)13/h4-6H,2-3,7-8,13H2,1H3,(H2,14,15). The second-order valence-electron chi connectivity index (χ2n) is 3.64. The summed E-state index contributed by atoms with van der Waals surface area (Å²) in [4.78, 5) is 11.2. The number of rotatable bonds is 7. The average molecular weight is 238 g/mol. The van der Waals surface area contributed by atoms with E-state index in [0.717, 1.165) is 12.8 Å². The van der Waals surface area contributed by atoms with Crippen molar-refractivity contribution in [3.05, 3.63) is 23.8 Å². The van der Waals surface area contributed by atoms with Gasteiger partial charge < -0.3 is 20.9 Å². The van der Waals surface area contributed by atoms with E-state index in [1.165, 1.54) is 0 Å². The Bertz CT molecular complexity index is 380. The number of nitrogen functional groups attached to an aromatic ring is 1. The van der Waals surface area contributed by atoms with E-state index in [1.54, 1.807) is 25.3 Å². The maximum absolute atomic E-state index is 11.2. The maximum atomic E-state index is 11.2. The van der Waals surface area contributed by atoms with Gasteiger partial charge in [0.2, 0.25) is 0 Å². The molecule has 1 aromatic carbocycles. The summed E-state index contributed by atoms with van der Waals surface area (Å²) in [7, 11) is 1.65. The molecule has 0 unspecified atom stereocenters. The summed E-state index contributed by atoms with van der Waals surface area (Å²) in [5.74, 6) is -0.165. The molecular formula is C12H18N2O3. The van der Waals surface area contributed by atoms with Gasteiger partial charge in [0, 0.05) is 13.7 Å². The quantitative estimate of drug-likeness (QED) is 0.551. The normalized spacial score (nSPS) is 10.2. The molecule has 17 heavy (non-hydrogen) atoms. The summed E-state index contributed by atoms with van der Waals surface area (Å²) in [6.07, 6.45) is 1.73. The number of anilines is 1. The number of para-hydroxylation sites is 1. The highest BCUT2D eigenvalue weighted by Crippen LogP contribution is 2.26. The van der Waals surface area contributed by atoms with Crippen LogP contribution in [0.5, 0.6) is 5.75 Å². The highest BCUT2D eigenvalue weighted by molar-refractivity contribution is 5.97. The van der Waals surface area contributed by atoms with Gasteiger partial charge in [-0.3, -0.25) is 4.79 Å². The molecule has 0 aliphatic heterocycles. The third kappa shape index (κ3) is 3.96. The zero-order valence-corrected chi connectivity index (χ0v) is 9.94. The molecule has 94 valence electrons. The van der Waals surface area contributed by atoms with Crippen LogP contribution in [0.25, 0.3) is 0 Å². The molecule has 0 aromatic heterocycles. The summed E-state index contributed by atoms with van der Waals surface area (Å²) in [5.41, 5.74) is 11.7. The lowest BCUT2D eigenvalue weighted by molar-refractivity contribution is 0.0996. The first-order valence-corrected chi connectivity index (χ1v) is 5.47. The summed E-state index contributed by atoms with van der Waals surface area (Å²) >= 11 is 0. The molecule has 0 radical (unpaired) electrons. The third-order valence-electron chi connectivity index (χ3n) is 2.30. The molecule has 5 nitrogen and oxygen atoms in total. The molecule has 5 heteroatoms. The first-order chi connectivity index (χ1) is 8.16. The van der Waals surface area contributed by atoms with Gasteiger partial charge in [0.15, 0.2) is 5.75 Å². The lowest BCUT2D eigenvalue weighted by Gasteiger charge is -2.11. The minimum atomic E-state index is -0.538. The summed E-state index contributed by atoms with van der Waals surface area (Å²) in [5, 5.41) is 0. The Morgan fingerprint density at radius 1 is 1.29 bits per heavy atom. The van der Waals surface area contributed by atoms with Crippen molar-refractivity contribution < 1.29 is 14.3 Å². The summed E-state index contributed by atoms with van der Waals surface area (Å²) in [6, 6.07) is 4.95. The molecule has 1 aromatic rings. The van der Waals surface area contributed by atoms with Crippen LogP contribution in [0.3, 0.4) is 0 Å². The Balaban J connectivity index is 2.60. The highest BCUT2D eigenvalue weighted by Gasteiger charge is 2.11. The van der Waals surface area contributed by atoms with Gasteiger partial charge >= 0.3 is 0 Å². The number of unbranched alkanes of at least 4 members (excludes halogenated alkanes) is 1. The summed E-state index contributed by atoms with van der Waals surface area (Å²) < 4.78 is 10.4. The largest absolute Gasteiger partial charge is 0.491 e. The number of methoxy groups -OCH3 is 1. The van der Waals surface area contributed by atoms with Crippen molar-refractivity contribution in [3.8, 4) is 5.75 Å². The van der Waals surface area contributed by atoms with Crippen molar-refractivity contribution in [1.29, 1.82) is 0 Å². The van der Waals surface area contributed by atoms with Crippen LogP contribution in [0.15, 0.2) is 18.2 Å². The molecule has 0 saturated carbocycles. The van der Waals surface area contributed by atoms with E-state index in [1.807, 2.05) is 0 Å². The van der Waals surface area contributed by atoms with E-state index < -0.39 is 5.91 Å². The van der Waals surface area contributed by atoms with Gasteiger partial charge in [0.25, 0.3) is 5.91 Å². The van der Waals surface area contributed by atoms with Crippen LogP contribution >= 0.6 is 0 Å². The molecule has 0 fully saturated rings. The third-order valence-corrected chi connectivity index (χ3v) is 2.30. The number of carbonyl (C=O) groups is 1. The van der Waals surface area contributed by atoms with Crippen molar-refractivity contribution in [1.82, 2.24) is 0 Å². The van der Waals surface area contributed by atoms with E-state index in [-0.39, 0.29) is 0 Å². The van der Waals surface area contributed by atoms with Gasteiger partial charge in [-0.15, -0.1) is 0 Å². The number of primary amides is 1. The van der Waals surface area contributed by atoms with Crippen LogP contribution in [0.2, 0.25) is 0 Å². The number of ether oxygens (including phenoxy) is 2. The minimum absolute atomic E-state index is 0.316. The Kier molecular flexibility index (Phi) is 5.29. The smallest absolute Gasteiger partial charge is 0.252 e. The summed E-state index contributed by atoms with van der Waals surface area (Å²) in [6.45, 7) is 1.17. The monoisotopic (exact) mass is 238 g/mol. The van der Waals surface area contributed by atoms with Crippen LogP contribution in [0.4, 0.5) is 5.69 Å². The van der Waals surface area contributed by atoms with Gasteiger partial charge in [-0.1, -0.05) is 6.07 Å². The molecule has 0 bridgehead atoms. The van der Waals surface area contributed by atoms with Crippen LogP contribution in [-0.4, -0.2) is 26.2 Å². The number of amides is 1. The van der Waals surface area contributed by atoms with Crippen molar-refractivity contribution in [3.63, 3.8) is 0 Å². The second kappa shape index (κ2) is 6.75. The topological polar surface area (TPSA) is 87.6 Å². The molecule has 0 spiro atoms. The van der Waals surface area contributed by atoms with E-state index in [4.69, 9.17) is 20.9 Å². The predicted octanol–water partition coefficient (Wildman–Crippen LogP) is 1.17. The SMILES string of the molecule is COCCCCOc1c(N)cccc1C(N)=O. The molecule has 0 saturated heterocycles. The molecule has 0 heterocycles. The lowest BCUT2D eigenvalue weighted by atomic mass is 10.1. The lowest BCUT2D eigenvalue weighted by Crippen LogP contribution is -2.14. The van der Waals surface area contributed by atoms with E-state index in [9.17, 15) is 4.79 Å². The molecule has 1 amide bonds. The number of nitrogens with two attached hydrogens (primary N) is 2. The zero-order chi connectivity index (χ0) is 12.7. The van der Waals surface area contributed by atoms with E-state index in [2.05, 4.69) is 0 Å². The molecule has 0 aliphatic rings. The van der Waals surface area contributed by atoms with Gasteiger partial charge in [0.1, 0.15) is 0 Å². The van der Waals surface area contributed by atoms with Gasteiger partial charge in [-0.2, -0.15) is 0 Å².